The average Bonchev–Trinajstić information content (AvgIpc) is 2.23. The molecule has 16 heavy (non-hydrogen) atoms. The zero-order valence-electron chi connectivity index (χ0n) is 8.44. The third-order valence-electron chi connectivity index (χ3n) is 2.20. The van der Waals surface area contributed by atoms with Gasteiger partial charge in [0.05, 0.1) is 6.61 Å². The zero-order chi connectivity index (χ0) is 13.1. The normalized spacial score (nSPS) is 20.6. The first-order chi connectivity index (χ1) is 7.19. The number of Topliss-reactive ketones (excluding diaryl/α,β-unsaturated/α-hetero) is 1. The highest BCUT2D eigenvalue weighted by atomic mass is 16.4. The Morgan fingerprint density at radius 3 is 1.94 bits per heavy atom. The molecular weight excluding hydrogens is 224 g/mol. The number of ketones is 1. The van der Waals surface area contributed by atoms with Crippen LogP contribution in [0.25, 0.3) is 0 Å². The summed E-state index contributed by atoms with van der Waals surface area (Å²) < 4.78 is 0. The monoisotopic (exact) mass is 238 g/mol. The molecule has 0 saturated carbocycles. The summed E-state index contributed by atoms with van der Waals surface area (Å²) in [6, 6.07) is 0. The highest BCUT2D eigenvalue weighted by Crippen LogP contribution is 2.18. The van der Waals surface area contributed by atoms with E-state index in [2.05, 4.69) is 0 Å². The van der Waals surface area contributed by atoms with Gasteiger partial charge in [-0.15, -0.1) is 0 Å². The highest BCUT2D eigenvalue weighted by molar-refractivity contribution is 6.05. The van der Waals surface area contributed by atoms with Gasteiger partial charge in [0.25, 0.3) is 0 Å². The Bertz CT molecular complexity index is 261. The number of aliphatic hydroxyl groups is 5. The minimum Gasteiger partial charge on any atom is -0.479 e. The number of hydrogen-bond donors (Lipinski definition) is 6. The lowest BCUT2D eigenvalue weighted by Gasteiger charge is -2.31. The second kappa shape index (κ2) is 5.32. The smallest absolute Gasteiger partial charge is 0.346 e. The number of carboxylic acids is 1. The van der Waals surface area contributed by atoms with E-state index in [9.17, 15) is 24.9 Å². The molecule has 0 aromatic rings. The van der Waals surface area contributed by atoms with Crippen molar-refractivity contribution in [1.29, 1.82) is 0 Å². The lowest BCUT2D eigenvalue weighted by atomic mass is 9.87. The maximum absolute atomic E-state index is 10.9. The fraction of sp³-hybridized carbons (Fsp3) is 0.750. The summed E-state index contributed by atoms with van der Waals surface area (Å²) in [6.07, 6.45) is -6.50. The standard InChI is InChI=1S/C8H14O8/c1-3(10)8(16,7(14)15)6(13)5(12)4(11)2-9/h4-6,9,11-13,16H,2H2,1H3,(H,14,15). The number of aliphatic hydroxyl groups excluding tert-OH is 4. The third kappa shape index (κ3) is 2.54. The molecule has 0 aromatic heterocycles. The third-order valence-corrected chi connectivity index (χ3v) is 2.20. The molecule has 0 aromatic carbocycles. The number of aliphatic carboxylic acids is 1. The van der Waals surface area contributed by atoms with Crippen molar-refractivity contribution >= 4 is 11.8 Å². The van der Waals surface area contributed by atoms with Crippen molar-refractivity contribution in [3.63, 3.8) is 0 Å². The molecule has 0 aliphatic heterocycles. The summed E-state index contributed by atoms with van der Waals surface area (Å²) in [5.74, 6) is -3.37. The van der Waals surface area contributed by atoms with Crippen molar-refractivity contribution in [2.45, 2.75) is 30.8 Å². The maximum atomic E-state index is 10.9. The number of rotatable bonds is 6. The number of carbonyl (C=O) groups excluding carboxylic acids is 1. The van der Waals surface area contributed by atoms with Gasteiger partial charge in [0.1, 0.15) is 18.3 Å². The zero-order valence-corrected chi connectivity index (χ0v) is 8.44. The molecule has 0 bridgehead atoms. The molecule has 4 unspecified atom stereocenters. The summed E-state index contributed by atoms with van der Waals surface area (Å²) in [4.78, 5) is 21.6. The second-order valence-electron chi connectivity index (χ2n) is 3.31. The van der Waals surface area contributed by atoms with E-state index in [4.69, 9.17) is 15.3 Å². The van der Waals surface area contributed by atoms with Crippen LogP contribution in [0.2, 0.25) is 0 Å². The Morgan fingerprint density at radius 1 is 1.25 bits per heavy atom. The summed E-state index contributed by atoms with van der Waals surface area (Å²) in [5, 5.41) is 53.9. The van der Waals surface area contributed by atoms with E-state index < -0.39 is 42.3 Å². The van der Waals surface area contributed by atoms with E-state index >= 15 is 0 Å². The fourth-order valence-corrected chi connectivity index (χ4v) is 1.05. The summed E-state index contributed by atoms with van der Waals surface area (Å²) in [5.41, 5.74) is -3.23. The molecule has 0 radical (unpaired) electrons. The number of carboxylic acid groups (broad SMARTS) is 1. The van der Waals surface area contributed by atoms with Crippen molar-refractivity contribution < 1.29 is 40.2 Å². The molecule has 0 aliphatic rings. The van der Waals surface area contributed by atoms with Crippen LogP contribution in [0.3, 0.4) is 0 Å². The first-order valence-corrected chi connectivity index (χ1v) is 4.31. The molecular formula is C8H14O8. The van der Waals surface area contributed by atoms with Crippen LogP contribution in [0.5, 0.6) is 0 Å². The largest absolute Gasteiger partial charge is 0.479 e. The van der Waals surface area contributed by atoms with E-state index in [-0.39, 0.29) is 0 Å². The van der Waals surface area contributed by atoms with Crippen molar-refractivity contribution in [2.75, 3.05) is 6.61 Å². The fourth-order valence-electron chi connectivity index (χ4n) is 1.05. The van der Waals surface area contributed by atoms with Crippen molar-refractivity contribution in [2.24, 2.45) is 0 Å². The van der Waals surface area contributed by atoms with Crippen LogP contribution in [0.1, 0.15) is 6.92 Å². The van der Waals surface area contributed by atoms with Crippen LogP contribution in [-0.4, -0.2) is 72.9 Å². The van der Waals surface area contributed by atoms with Crippen LogP contribution in [0.4, 0.5) is 0 Å². The van der Waals surface area contributed by atoms with E-state index in [0.717, 1.165) is 0 Å². The molecule has 6 N–H and O–H groups in total. The quantitative estimate of drug-likeness (QED) is 0.260. The van der Waals surface area contributed by atoms with Gasteiger partial charge in [-0.25, -0.2) is 4.79 Å². The van der Waals surface area contributed by atoms with Gasteiger partial charge in [-0.2, -0.15) is 0 Å². The Balaban J connectivity index is 5.11. The topological polar surface area (TPSA) is 156 Å². The van der Waals surface area contributed by atoms with Gasteiger partial charge in [-0.3, -0.25) is 4.79 Å². The number of hydrogen-bond acceptors (Lipinski definition) is 7. The Kier molecular flexibility index (Phi) is 4.97. The van der Waals surface area contributed by atoms with Crippen LogP contribution in [0, 0.1) is 0 Å². The highest BCUT2D eigenvalue weighted by Gasteiger charge is 2.52. The minimum atomic E-state index is -3.23. The second-order valence-corrected chi connectivity index (χ2v) is 3.31. The molecule has 8 heteroatoms. The summed E-state index contributed by atoms with van der Waals surface area (Å²) in [7, 11) is 0. The van der Waals surface area contributed by atoms with Gasteiger partial charge in [-0.1, -0.05) is 0 Å². The van der Waals surface area contributed by atoms with Gasteiger partial charge < -0.3 is 30.6 Å². The van der Waals surface area contributed by atoms with E-state index in [1.165, 1.54) is 0 Å². The predicted molar refractivity (Wildman–Crippen MR) is 48.4 cm³/mol. The van der Waals surface area contributed by atoms with Gasteiger partial charge >= 0.3 is 5.97 Å². The van der Waals surface area contributed by atoms with E-state index in [1.807, 2.05) is 0 Å². The van der Waals surface area contributed by atoms with Gasteiger partial charge in [0.15, 0.2) is 5.78 Å². The molecule has 8 nitrogen and oxygen atoms in total. The SMILES string of the molecule is CC(=O)C(O)(C(=O)O)C(O)C(O)C(O)CO. The molecule has 0 spiro atoms. The molecule has 0 saturated heterocycles. The van der Waals surface area contributed by atoms with Crippen molar-refractivity contribution in [1.82, 2.24) is 0 Å². The number of carbonyl (C=O) groups is 2. The molecule has 0 amide bonds. The van der Waals surface area contributed by atoms with Gasteiger partial charge in [-0.05, 0) is 6.92 Å². The van der Waals surface area contributed by atoms with Gasteiger partial charge in [0.2, 0.25) is 5.60 Å². The van der Waals surface area contributed by atoms with E-state index in [0.29, 0.717) is 6.92 Å². The first kappa shape index (κ1) is 14.9. The Morgan fingerprint density at radius 2 is 1.69 bits per heavy atom. The molecule has 0 fully saturated rings. The molecule has 0 aliphatic carbocycles. The summed E-state index contributed by atoms with van der Waals surface area (Å²) in [6.45, 7) is -0.263. The van der Waals surface area contributed by atoms with Crippen LogP contribution in [-0.2, 0) is 9.59 Å². The lowest BCUT2D eigenvalue weighted by molar-refractivity contribution is -0.192. The van der Waals surface area contributed by atoms with Gasteiger partial charge in [0, 0.05) is 0 Å². The maximum Gasteiger partial charge on any atom is 0.346 e. The van der Waals surface area contributed by atoms with Crippen LogP contribution < -0.4 is 0 Å². The summed E-state index contributed by atoms with van der Waals surface area (Å²) >= 11 is 0. The molecule has 0 heterocycles. The molecule has 4 atom stereocenters. The lowest BCUT2D eigenvalue weighted by Crippen LogP contribution is -2.61. The van der Waals surface area contributed by atoms with Crippen molar-refractivity contribution in [3.8, 4) is 0 Å². The minimum absolute atomic E-state index is 0.704. The first-order valence-electron chi connectivity index (χ1n) is 4.31. The predicted octanol–water partition coefficient (Wildman–Crippen LogP) is -3.53. The van der Waals surface area contributed by atoms with E-state index in [1.54, 1.807) is 0 Å². The molecule has 94 valence electrons. The van der Waals surface area contributed by atoms with Crippen LogP contribution >= 0.6 is 0 Å². The average molecular weight is 238 g/mol. The van der Waals surface area contributed by atoms with Crippen molar-refractivity contribution in [3.05, 3.63) is 0 Å². The molecule has 0 rings (SSSR count). The Labute approximate surface area is 90.4 Å². The van der Waals surface area contributed by atoms with Crippen LogP contribution in [0.15, 0.2) is 0 Å². The Hall–Kier alpha value is -1.06.